The summed E-state index contributed by atoms with van der Waals surface area (Å²) in [6, 6.07) is 4.85. The van der Waals surface area contributed by atoms with Crippen LogP contribution in [0.25, 0.3) is 0 Å². The highest BCUT2D eigenvalue weighted by atomic mass is 79.9. The number of nitrogens with one attached hydrogen (secondary N) is 1. The van der Waals surface area contributed by atoms with Crippen LogP contribution in [0.15, 0.2) is 32.0 Å². The molecular weight excluding hydrogens is 414 g/mol. The van der Waals surface area contributed by atoms with E-state index < -0.39 is 16.0 Å². The summed E-state index contributed by atoms with van der Waals surface area (Å²) < 4.78 is 28.0. The van der Waals surface area contributed by atoms with Crippen molar-refractivity contribution < 1.29 is 18.3 Å². The average molecular weight is 429 g/mol. The van der Waals surface area contributed by atoms with Crippen molar-refractivity contribution in [2.24, 2.45) is 5.92 Å². The summed E-state index contributed by atoms with van der Waals surface area (Å²) in [4.78, 5) is 10.8. The molecule has 1 rings (SSSR count). The fourth-order valence-electron chi connectivity index (χ4n) is 1.60. The van der Waals surface area contributed by atoms with Crippen LogP contribution in [0.2, 0.25) is 0 Å². The minimum Gasteiger partial charge on any atom is -0.481 e. The lowest BCUT2D eigenvalue weighted by Gasteiger charge is -2.14. The van der Waals surface area contributed by atoms with Crippen LogP contribution >= 0.6 is 31.9 Å². The number of carboxylic acids is 1. The quantitative estimate of drug-likeness (QED) is 0.699. The zero-order valence-electron chi connectivity index (χ0n) is 10.8. The van der Waals surface area contributed by atoms with Gasteiger partial charge < -0.3 is 5.11 Å². The Bertz CT molecular complexity index is 589. The highest BCUT2D eigenvalue weighted by molar-refractivity contribution is 9.11. The number of aliphatic carboxylic acids is 1. The van der Waals surface area contributed by atoms with Gasteiger partial charge in [0.05, 0.1) is 4.90 Å². The first-order valence-electron chi connectivity index (χ1n) is 5.92. The van der Waals surface area contributed by atoms with Gasteiger partial charge in [-0.1, -0.05) is 29.3 Å². The Labute approximate surface area is 135 Å². The van der Waals surface area contributed by atoms with Gasteiger partial charge in [0.15, 0.2) is 0 Å². The molecule has 0 aliphatic carbocycles. The van der Waals surface area contributed by atoms with Crippen molar-refractivity contribution in [3.8, 4) is 0 Å². The molecule has 0 heterocycles. The van der Waals surface area contributed by atoms with Crippen molar-refractivity contribution in [2.45, 2.75) is 24.7 Å². The smallest absolute Gasteiger partial charge is 0.303 e. The summed E-state index contributed by atoms with van der Waals surface area (Å²) in [6.07, 6.45) is 0.535. The maximum absolute atomic E-state index is 12.2. The molecule has 112 valence electrons. The van der Waals surface area contributed by atoms with E-state index in [0.717, 1.165) is 0 Å². The number of benzene rings is 1. The van der Waals surface area contributed by atoms with Crippen LogP contribution in [0, 0.1) is 5.92 Å². The molecule has 1 aromatic rings. The number of hydrogen-bond donors (Lipinski definition) is 2. The molecule has 5 nitrogen and oxygen atoms in total. The third-order valence-electron chi connectivity index (χ3n) is 2.79. The number of carboxylic acid groups (broad SMARTS) is 1. The van der Waals surface area contributed by atoms with Crippen LogP contribution in [0.3, 0.4) is 0 Å². The fourth-order valence-corrected chi connectivity index (χ4v) is 4.21. The van der Waals surface area contributed by atoms with Crippen LogP contribution in [0.4, 0.5) is 0 Å². The topological polar surface area (TPSA) is 83.5 Å². The van der Waals surface area contributed by atoms with Crippen molar-refractivity contribution in [3.05, 3.63) is 27.1 Å². The third kappa shape index (κ3) is 5.16. The highest BCUT2D eigenvalue weighted by Gasteiger charge is 2.20. The summed E-state index contributed by atoms with van der Waals surface area (Å²) in [5.74, 6) is -1.16. The lowest BCUT2D eigenvalue weighted by Crippen LogP contribution is -2.30. The molecule has 0 amide bonds. The Morgan fingerprint density at radius 1 is 1.40 bits per heavy atom. The van der Waals surface area contributed by atoms with E-state index in [0.29, 0.717) is 15.4 Å². The molecule has 0 fully saturated rings. The van der Waals surface area contributed by atoms with Crippen LogP contribution in [0.5, 0.6) is 0 Å². The molecule has 8 heteroatoms. The van der Waals surface area contributed by atoms with E-state index in [1.54, 1.807) is 12.1 Å². The molecule has 2 N–H and O–H groups in total. The highest BCUT2D eigenvalue weighted by Crippen LogP contribution is 2.25. The number of halogens is 2. The Morgan fingerprint density at radius 3 is 2.60 bits per heavy atom. The van der Waals surface area contributed by atoms with Gasteiger partial charge in [-0.2, -0.15) is 0 Å². The van der Waals surface area contributed by atoms with Crippen molar-refractivity contribution >= 4 is 47.9 Å². The average Bonchev–Trinajstić information content (AvgIpc) is 2.36. The summed E-state index contributed by atoms with van der Waals surface area (Å²) in [5.41, 5.74) is 0. The van der Waals surface area contributed by atoms with E-state index in [-0.39, 0.29) is 23.8 Å². The van der Waals surface area contributed by atoms with Crippen LogP contribution in [-0.4, -0.2) is 26.0 Å². The molecule has 20 heavy (non-hydrogen) atoms. The van der Waals surface area contributed by atoms with E-state index in [4.69, 9.17) is 5.11 Å². The molecule has 0 spiro atoms. The summed E-state index contributed by atoms with van der Waals surface area (Å²) in [5, 5.41) is 8.75. The zero-order chi connectivity index (χ0) is 15.3. The minimum absolute atomic E-state index is 0.0569. The number of sulfonamides is 1. The van der Waals surface area contributed by atoms with Crippen LogP contribution < -0.4 is 4.72 Å². The molecule has 0 radical (unpaired) electrons. The van der Waals surface area contributed by atoms with Crippen molar-refractivity contribution in [2.75, 3.05) is 6.54 Å². The fraction of sp³-hybridized carbons (Fsp3) is 0.417. The van der Waals surface area contributed by atoms with Crippen molar-refractivity contribution in [3.63, 3.8) is 0 Å². The maximum atomic E-state index is 12.2. The molecule has 0 saturated heterocycles. The van der Waals surface area contributed by atoms with E-state index in [1.807, 2.05) is 6.92 Å². The minimum atomic E-state index is -3.67. The first-order valence-corrected chi connectivity index (χ1v) is 8.99. The Kier molecular flexibility index (Phi) is 6.63. The lowest BCUT2D eigenvalue weighted by molar-refractivity contribution is -0.138. The Balaban J connectivity index is 2.84. The van der Waals surface area contributed by atoms with Gasteiger partial charge in [0.25, 0.3) is 0 Å². The standard InChI is InChI=1S/C12H15Br2NO4S/c1-2-8(5-12(16)17)7-15-20(18,19)11-6-9(13)3-4-10(11)14/h3-4,6,8,15H,2,5,7H2,1H3,(H,16,17). The molecule has 0 aromatic heterocycles. The van der Waals surface area contributed by atoms with Gasteiger partial charge in [0.1, 0.15) is 0 Å². The molecule has 1 unspecified atom stereocenters. The van der Waals surface area contributed by atoms with Gasteiger partial charge in [0, 0.05) is 21.9 Å². The Morgan fingerprint density at radius 2 is 2.05 bits per heavy atom. The maximum Gasteiger partial charge on any atom is 0.303 e. The summed E-state index contributed by atoms with van der Waals surface area (Å²) in [6.45, 7) is 1.93. The van der Waals surface area contributed by atoms with E-state index >= 15 is 0 Å². The monoisotopic (exact) mass is 427 g/mol. The van der Waals surface area contributed by atoms with Gasteiger partial charge in [-0.25, -0.2) is 13.1 Å². The van der Waals surface area contributed by atoms with Crippen LogP contribution in [-0.2, 0) is 14.8 Å². The van der Waals surface area contributed by atoms with Gasteiger partial charge >= 0.3 is 5.97 Å². The number of rotatable bonds is 7. The molecule has 0 aliphatic rings. The zero-order valence-corrected chi connectivity index (χ0v) is 14.8. The summed E-state index contributed by atoms with van der Waals surface area (Å²) >= 11 is 6.42. The Hall–Kier alpha value is -0.440. The molecular formula is C12H15Br2NO4S. The second-order valence-corrected chi connectivity index (χ2v) is 7.80. The number of hydrogen-bond acceptors (Lipinski definition) is 3. The first kappa shape index (κ1) is 17.6. The van der Waals surface area contributed by atoms with Crippen LogP contribution in [0.1, 0.15) is 19.8 Å². The van der Waals surface area contributed by atoms with E-state index in [9.17, 15) is 13.2 Å². The second kappa shape index (κ2) is 7.53. The van der Waals surface area contributed by atoms with Gasteiger partial charge in [-0.3, -0.25) is 4.79 Å². The number of carbonyl (C=O) groups is 1. The van der Waals surface area contributed by atoms with Crippen molar-refractivity contribution in [1.29, 1.82) is 0 Å². The van der Waals surface area contributed by atoms with E-state index in [1.165, 1.54) is 6.07 Å². The van der Waals surface area contributed by atoms with Gasteiger partial charge in [-0.05, 0) is 40.0 Å². The third-order valence-corrected chi connectivity index (χ3v) is 5.70. The lowest BCUT2D eigenvalue weighted by atomic mass is 10.0. The second-order valence-electron chi connectivity index (χ2n) is 4.30. The normalized spacial score (nSPS) is 13.2. The van der Waals surface area contributed by atoms with E-state index in [2.05, 4.69) is 36.6 Å². The van der Waals surface area contributed by atoms with Gasteiger partial charge in [-0.15, -0.1) is 0 Å². The molecule has 0 saturated carbocycles. The molecule has 0 aliphatic heterocycles. The predicted molar refractivity (Wildman–Crippen MR) is 83.1 cm³/mol. The largest absolute Gasteiger partial charge is 0.481 e. The summed E-state index contributed by atoms with van der Waals surface area (Å²) in [7, 11) is -3.67. The first-order chi connectivity index (χ1) is 9.26. The molecule has 0 bridgehead atoms. The predicted octanol–water partition coefficient (Wildman–Crippen LogP) is 2.99. The van der Waals surface area contributed by atoms with Crippen molar-refractivity contribution in [1.82, 2.24) is 4.72 Å². The SMILES string of the molecule is CCC(CNS(=O)(=O)c1cc(Br)ccc1Br)CC(=O)O. The van der Waals surface area contributed by atoms with Gasteiger partial charge in [0.2, 0.25) is 10.0 Å². The molecule has 1 aromatic carbocycles. The molecule has 1 atom stereocenters.